The van der Waals surface area contributed by atoms with Crippen molar-refractivity contribution in [2.24, 2.45) is 0 Å². The molecular formula is C11H23N3O2. The number of amides is 2. The molecule has 0 saturated heterocycles. The van der Waals surface area contributed by atoms with E-state index < -0.39 is 6.04 Å². The third kappa shape index (κ3) is 7.23. The summed E-state index contributed by atoms with van der Waals surface area (Å²) < 4.78 is 0. The van der Waals surface area contributed by atoms with Crippen molar-refractivity contribution in [1.29, 1.82) is 0 Å². The average molecular weight is 229 g/mol. The van der Waals surface area contributed by atoms with E-state index in [9.17, 15) is 9.59 Å². The maximum atomic E-state index is 11.4. The molecule has 0 aliphatic carbocycles. The minimum atomic E-state index is -0.450. The molecule has 1 atom stereocenters. The Morgan fingerprint density at radius 1 is 1.25 bits per heavy atom. The fraction of sp³-hybridized carbons (Fsp3) is 0.818. The highest BCUT2D eigenvalue weighted by atomic mass is 16.2. The van der Waals surface area contributed by atoms with Gasteiger partial charge in [-0.05, 0) is 33.4 Å². The molecule has 0 fully saturated rings. The quantitative estimate of drug-likeness (QED) is 0.514. The van der Waals surface area contributed by atoms with Crippen molar-refractivity contribution in [2.75, 3.05) is 20.1 Å². The Morgan fingerprint density at radius 2 is 1.94 bits per heavy atom. The number of nitrogens with one attached hydrogen (secondary N) is 3. The molecule has 0 spiro atoms. The van der Waals surface area contributed by atoms with Gasteiger partial charge in [-0.15, -0.1) is 0 Å². The lowest BCUT2D eigenvalue weighted by Crippen LogP contribution is -2.45. The van der Waals surface area contributed by atoms with Crippen LogP contribution in [-0.4, -0.2) is 38.0 Å². The standard InChI is InChI=1S/C11H23N3O2/c1-4-7-13-11(16)9(2)14-10(15)6-5-8-12-3/h9,12H,4-8H2,1-3H3,(H,13,16)(H,14,15). The molecule has 0 aromatic carbocycles. The van der Waals surface area contributed by atoms with E-state index in [-0.39, 0.29) is 11.8 Å². The molecule has 0 rings (SSSR count). The lowest BCUT2D eigenvalue weighted by molar-refractivity contribution is -0.128. The van der Waals surface area contributed by atoms with Gasteiger partial charge in [0.2, 0.25) is 11.8 Å². The fourth-order valence-electron chi connectivity index (χ4n) is 1.21. The summed E-state index contributed by atoms with van der Waals surface area (Å²) in [4.78, 5) is 22.8. The lowest BCUT2D eigenvalue weighted by Gasteiger charge is -2.13. The van der Waals surface area contributed by atoms with Crippen LogP contribution in [0.2, 0.25) is 0 Å². The van der Waals surface area contributed by atoms with Gasteiger partial charge in [-0.25, -0.2) is 0 Å². The Hall–Kier alpha value is -1.10. The summed E-state index contributed by atoms with van der Waals surface area (Å²) in [6, 6.07) is -0.450. The molecule has 0 aliphatic heterocycles. The summed E-state index contributed by atoms with van der Waals surface area (Å²) >= 11 is 0. The zero-order valence-electron chi connectivity index (χ0n) is 10.4. The molecule has 5 heteroatoms. The molecule has 1 unspecified atom stereocenters. The van der Waals surface area contributed by atoms with Gasteiger partial charge in [0.15, 0.2) is 0 Å². The topological polar surface area (TPSA) is 70.2 Å². The zero-order valence-corrected chi connectivity index (χ0v) is 10.4. The molecule has 0 radical (unpaired) electrons. The van der Waals surface area contributed by atoms with E-state index in [1.807, 2.05) is 14.0 Å². The second-order valence-corrected chi connectivity index (χ2v) is 3.79. The first-order valence-corrected chi connectivity index (χ1v) is 5.83. The summed E-state index contributed by atoms with van der Waals surface area (Å²) in [6.07, 6.45) is 2.13. The number of carbonyl (C=O) groups excluding carboxylic acids is 2. The Kier molecular flexibility index (Phi) is 8.52. The Labute approximate surface area is 97.4 Å². The highest BCUT2D eigenvalue weighted by Gasteiger charge is 2.13. The van der Waals surface area contributed by atoms with Crippen LogP contribution in [0.15, 0.2) is 0 Å². The molecule has 16 heavy (non-hydrogen) atoms. The normalized spacial score (nSPS) is 11.9. The minimum Gasteiger partial charge on any atom is -0.354 e. The van der Waals surface area contributed by atoms with E-state index in [0.29, 0.717) is 13.0 Å². The number of carbonyl (C=O) groups is 2. The second-order valence-electron chi connectivity index (χ2n) is 3.79. The average Bonchev–Trinajstić information content (AvgIpc) is 2.26. The van der Waals surface area contributed by atoms with Crippen LogP contribution >= 0.6 is 0 Å². The van der Waals surface area contributed by atoms with Gasteiger partial charge < -0.3 is 16.0 Å². The maximum absolute atomic E-state index is 11.4. The number of hydrogen-bond donors (Lipinski definition) is 3. The maximum Gasteiger partial charge on any atom is 0.242 e. The predicted molar refractivity (Wildman–Crippen MR) is 64.1 cm³/mol. The third-order valence-electron chi connectivity index (χ3n) is 2.15. The van der Waals surface area contributed by atoms with Gasteiger partial charge in [-0.1, -0.05) is 6.92 Å². The highest BCUT2D eigenvalue weighted by molar-refractivity contribution is 5.87. The molecule has 0 heterocycles. The first-order valence-electron chi connectivity index (χ1n) is 5.83. The smallest absolute Gasteiger partial charge is 0.242 e. The first-order chi connectivity index (χ1) is 7.61. The van der Waals surface area contributed by atoms with E-state index in [1.165, 1.54) is 0 Å². The van der Waals surface area contributed by atoms with Crippen LogP contribution in [0.4, 0.5) is 0 Å². The van der Waals surface area contributed by atoms with Gasteiger partial charge in [0.1, 0.15) is 6.04 Å². The summed E-state index contributed by atoms with van der Waals surface area (Å²) in [5, 5.41) is 8.38. The summed E-state index contributed by atoms with van der Waals surface area (Å²) in [6.45, 7) is 5.14. The lowest BCUT2D eigenvalue weighted by atomic mass is 10.2. The Morgan fingerprint density at radius 3 is 2.50 bits per heavy atom. The van der Waals surface area contributed by atoms with Gasteiger partial charge in [0.05, 0.1) is 0 Å². The Balaban J connectivity index is 3.71. The van der Waals surface area contributed by atoms with Crippen molar-refractivity contribution >= 4 is 11.8 Å². The fourth-order valence-corrected chi connectivity index (χ4v) is 1.21. The van der Waals surface area contributed by atoms with Gasteiger partial charge in [-0.2, -0.15) is 0 Å². The van der Waals surface area contributed by atoms with Gasteiger partial charge >= 0.3 is 0 Å². The third-order valence-corrected chi connectivity index (χ3v) is 2.15. The predicted octanol–water partition coefficient (Wildman–Crippen LogP) is 0.0169. The van der Waals surface area contributed by atoms with E-state index in [4.69, 9.17) is 0 Å². The molecule has 0 bridgehead atoms. The van der Waals surface area contributed by atoms with Crippen molar-refractivity contribution in [3.63, 3.8) is 0 Å². The molecule has 3 N–H and O–H groups in total. The molecule has 0 aliphatic rings. The van der Waals surface area contributed by atoms with Crippen molar-refractivity contribution in [3.05, 3.63) is 0 Å². The molecule has 0 saturated carbocycles. The van der Waals surface area contributed by atoms with Crippen molar-refractivity contribution in [3.8, 4) is 0 Å². The highest BCUT2D eigenvalue weighted by Crippen LogP contribution is 1.90. The molecule has 2 amide bonds. The van der Waals surface area contributed by atoms with Crippen LogP contribution in [0.5, 0.6) is 0 Å². The van der Waals surface area contributed by atoms with Crippen LogP contribution in [0.25, 0.3) is 0 Å². The van der Waals surface area contributed by atoms with Crippen LogP contribution < -0.4 is 16.0 Å². The van der Waals surface area contributed by atoms with Crippen LogP contribution in [-0.2, 0) is 9.59 Å². The van der Waals surface area contributed by atoms with Crippen LogP contribution in [0.3, 0.4) is 0 Å². The van der Waals surface area contributed by atoms with Crippen LogP contribution in [0, 0.1) is 0 Å². The SMILES string of the molecule is CCCNC(=O)C(C)NC(=O)CCCNC. The Bertz CT molecular complexity index is 219. The van der Waals surface area contributed by atoms with Crippen LogP contribution in [0.1, 0.15) is 33.1 Å². The zero-order chi connectivity index (χ0) is 12.4. The molecule has 0 aromatic heterocycles. The first kappa shape index (κ1) is 14.9. The van der Waals surface area contributed by atoms with Gasteiger partial charge in [0.25, 0.3) is 0 Å². The summed E-state index contributed by atoms with van der Waals surface area (Å²) in [5.41, 5.74) is 0. The molecule has 94 valence electrons. The van der Waals surface area contributed by atoms with Crippen molar-refractivity contribution in [1.82, 2.24) is 16.0 Å². The summed E-state index contributed by atoms with van der Waals surface area (Å²) in [5.74, 6) is -0.196. The van der Waals surface area contributed by atoms with Crippen molar-refractivity contribution < 1.29 is 9.59 Å². The van der Waals surface area contributed by atoms with Gasteiger partial charge in [0, 0.05) is 13.0 Å². The monoisotopic (exact) mass is 229 g/mol. The molecular weight excluding hydrogens is 206 g/mol. The largest absolute Gasteiger partial charge is 0.354 e. The van der Waals surface area contributed by atoms with E-state index in [1.54, 1.807) is 6.92 Å². The van der Waals surface area contributed by atoms with E-state index in [2.05, 4.69) is 16.0 Å². The summed E-state index contributed by atoms with van der Waals surface area (Å²) in [7, 11) is 1.85. The number of rotatable bonds is 8. The van der Waals surface area contributed by atoms with Crippen molar-refractivity contribution in [2.45, 2.75) is 39.2 Å². The molecule has 0 aromatic rings. The minimum absolute atomic E-state index is 0.0746. The second kappa shape index (κ2) is 9.15. The van der Waals surface area contributed by atoms with E-state index >= 15 is 0 Å². The molecule has 5 nitrogen and oxygen atoms in total. The number of hydrogen-bond acceptors (Lipinski definition) is 3. The van der Waals surface area contributed by atoms with Gasteiger partial charge in [-0.3, -0.25) is 9.59 Å². The van der Waals surface area contributed by atoms with E-state index in [0.717, 1.165) is 19.4 Å².